The number of hydrogen-bond acceptors (Lipinski definition) is 14. The molecule has 18 atom stereocenters. The molecule has 0 amide bonds. The van der Waals surface area contributed by atoms with E-state index in [-0.39, 0.29) is 37.5 Å². The lowest BCUT2D eigenvalue weighted by Crippen LogP contribution is -2.61. The van der Waals surface area contributed by atoms with Gasteiger partial charge in [0.1, 0.15) is 30.0 Å². The van der Waals surface area contributed by atoms with E-state index in [0.29, 0.717) is 19.4 Å². The maximum atomic E-state index is 14.4. The Morgan fingerprint density at radius 1 is 0.982 bits per heavy atom. The molecule has 3 saturated heterocycles. The zero-order valence-corrected chi connectivity index (χ0v) is 36.1. The fraction of sp³-hybridized carbons (Fsp3) is 0.927. The van der Waals surface area contributed by atoms with Gasteiger partial charge in [-0.05, 0) is 94.8 Å². The number of ether oxygens (including phenoxy) is 7. The van der Waals surface area contributed by atoms with Crippen molar-refractivity contribution in [3.8, 4) is 0 Å². The number of carbonyl (C=O) groups excluding carboxylic acids is 1. The number of methoxy groups -OCH3 is 1. The summed E-state index contributed by atoms with van der Waals surface area (Å²) in [6.07, 6.45) is -5.81. The van der Waals surface area contributed by atoms with Crippen molar-refractivity contribution in [3.63, 3.8) is 0 Å². The second-order valence-corrected chi connectivity index (χ2v) is 17.7. The third-order valence-corrected chi connectivity index (χ3v) is 12.7. The lowest BCUT2D eigenvalue weighted by atomic mass is 9.77. The van der Waals surface area contributed by atoms with Crippen LogP contribution in [0.4, 0.5) is 0 Å². The number of esters is 1. The highest BCUT2D eigenvalue weighted by Gasteiger charge is 2.53. The zero-order chi connectivity index (χ0) is 41.8. The predicted octanol–water partition coefficient (Wildman–Crippen LogP) is 3.11. The van der Waals surface area contributed by atoms with E-state index < -0.39 is 96.0 Å². The summed E-state index contributed by atoms with van der Waals surface area (Å²) < 4.78 is 45.0. The number of aliphatic hydroxyl groups is 4. The van der Waals surface area contributed by atoms with Crippen LogP contribution in [0, 0.1) is 17.8 Å². The lowest BCUT2D eigenvalue weighted by molar-refractivity contribution is -0.320. The second-order valence-electron chi connectivity index (χ2n) is 17.7. The highest BCUT2D eigenvalue weighted by molar-refractivity contribution is 5.73. The quantitative estimate of drug-likeness (QED) is 0.188. The Labute approximate surface area is 330 Å². The molecule has 0 spiro atoms. The first-order valence-electron chi connectivity index (χ1n) is 20.2. The summed E-state index contributed by atoms with van der Waals surface area (Å²) in [6, 6.07) is -0.761. The second kappa shape index (κ2) is 19.7. The van der Waals surface area contributed by atoms with E-state index in [1.54, 1.807) is 33.8 Å². The minimum atomic E-state index is -1.79. The summed E-state index contributed by atoms with van der Waals surface area (Å²) in [5.41, 5.74) is -3.87. The van der Waals surface area contributed by atoms with Crippen LogP contribution in [0.15, 0.2) is 12.7 Å². The summed E-state index contributed by atoms with van der Waals surface area (Å²) >= 11 is 0. The molecule has 0 bridgehead atoms. The minimum Gasteiger partial charge on any atom is -0.459 e. The van der Waals surface area contributed by atoms with Gasteiger partial charge < -0.3 is 63.4 Å². The Kier molecular flexibility index (Phi) is 17.2. The molecule has 4 N–H and O–H groups in total. The van der Waals surface area contributed by atoms with Crippen molar-refractivity contribution in [2.24, 2.45) is 17.8 Å². The van der Waals surface area contributed by atoms with Gasteiger partial charge in [0, 0.05) is 38.1 Å². The molecule has 0 unspecified atom stereocenters. The molecule has 14 heteroatoms. The van der Waals surface area contributed by atoms with Crippen molar-refractivity contribution in [1.82, 2.24) is 9.80 Å². The maximum absolute atomic E-state index is 14.4. The van der Waals surface area contributed by atoms with Crippen molar-refractivity contribution in [2.45, 2.75) is 185 Å². The molecule has 3 aliphatic rings. The van der Waals surface area contributed by atoms with Crippen LogP contribution in [0.25, 0.3) is 0 Å². The largest absolute Gasteiger partial charge is 0.459 e. The molecule has 0 aromatic carbocycles. The molecular formula is C41H76N2O12. The van der Waals surface area contributed by atoms with Crippen LogP contribution >= 0.6 is 0 Å². The molecule has 3 heterocycles. The van der Waals surface area contributed by atoms with Gasteiger partial charge in [-0.25, -0.2) is 0 Å². The predicted molar refractivity (Wildman–Crippen MR) is 208 cm³/mol. The molecule has 0 aromatic rings. The molecule has 3 rings (SSSR count). The molecule has 3 fully saturated rings. The molecule has 0 saturated carbocycles. The Bertz CT molecular complexity index is 1230. The topological polar surface area (TPSA) is 169 Å². The summed E-state index contributed by atoms with van der Waals surface area (Å²) in [7, 11) is 7.24. The Morgan fingerprint density at radius 3 is 2.18 bits per heavy atom. The molecular weight excluding hydrogens is 712 g/mol. The van der Waals surface area contributed by atoms with Crippen LogP contribution < -0.4 is 0 Å². The van der Waals surface area contributed by atoms with Crippen molar-refractivity contribution < 1.29 is 58.4 Å². The molecule has 0 aromatic heterocycles. The average Bonchev–Trinajstić information content (AvgIpc) is 3.12. The van der Waals surface area contributed by atoms with Gasteiger partial charge in [0.05, 0.1) is 48.1 Å². The highest BCUT2D eigenvalue weighted by atomic mass is 16.7. The molecule has 0 aliphatic carbocycles. The molecule has 0 radical (unpaired) electrons. The molecule has 3 aliphatic heterocycles. The van der Waals surface area contributed by atoms with Gasteiger partial charge in [-0.15, -0.1) is 6.58 Å². The van der Waals surface area contributed by atoms with Crippen molar-refractivity contribution in [2.75, 3.05) is 41.4 Å². The lowest BCUT2D eigenvalue weighted by Gasteiger charge is -2.50. The van der Waals surface area contributed by atoms with Gasteiger partial charge in [-0.2, -0.15) is 0 Å². The number of carbonyl (C=O) groups is 1. The van der Waals surface area contributed by atoms with Crippen LogP contribution in [0.2, 0.25) is 0 Å². The van der Waals surface area contributed by atoms with E-state index in [1.165, 1.54) is 14.0 Å². The third kappa shape index (κ3) is 11.1. The normalized spacial score (nSPS) is 47.5. The van der Waals surface area contributed by atoms with E-state index in [2.05, 4.69) is 13.5 Å². The van der Waals surface area contributed by atoms with Gasteiger partial charge in [-0.3, -0.25) is 4.79 Å². The average molecular weight is 789 g/mol. The number of rotatable bonds is 10. The number of aliphatic hydroxyl groups excluding tert-OH is 3. The maximum Gasteiger partial charge on any atom is 0.311 e. The van der Waals surface area contributed by atoms with Crippen molar-refractivity contribution in [1.29, 1.82) is 0 Å². The van der Waals surface area contributed by atoms with E-state index >= 15 is 0 Å². The van der Waals surface area contributed by atoms with Crippen LogP contribution in [-0.4, -0.2) is 168 Å². The minimum absolute atomic E-state index is 0.0449. The standard InChI is InChI=1S/C41H76N2O12/c1-16-18-50-40(10)20-23(3)22-43(14)27(7)34(45)41(11,48)30(17-2)53-37(47)26(6)33(54-31-21-39(9,49-15)35(46)28(8)52-31)25(5)36(40)55-38-32(44)29(42(12)13)19-24(4)51-38/h16,23-36,38,44-46,48H,1,17-22H2,2-15H3/t23-,24-,25+,26+,27+,28-,29+,30+,31-,32-,33+,34-,35-,36-,38+,39+,40+,41-/m1/s1. The Balaban J connectivity index is 2.26. The number of hydrogen-bond donors (Lipinski definition) is 4. The van der Waals surface area contributed by atoms with Crippen LogP contribution in [-0.2, 0) is 38.0 Å². The van der Waals surface area contributed by atoms with Crippen LogP contribution in [0.1, 0.15) is 94.9 Å². The van der Waals surface area contributed by atoms with E-state index in [1.807, 2.05) is 58.6 Å². The molecule has 14 nitrogen and oxygen atoms in total. The van der Waals surface area contributed by atoms with Crippen molar-refractivity contribution in [3.05, 3.63) is 12.7 Å². The van der Waals surface area contributed by atoms with Gasteiger partial charge in [0.15, 0.2) is 12.6 Å². The molecule has 322 valence electrons. The van der Waals surface area contributed by atoms with Gasteiger partial charge in [0.2, 0.25) is 0 Å². The van der Waals surface area contributed by atoms with Crippen molar-refractivity contribution >= 4 is 5.97 Å². The number of cyclic esters (lactones) is 1. The van der Waals surface area contributed by atoms with Gasteiger partial charge >= 0.3 is 5.97 Å². The first-order valence-corrected chi connectivity index (χ1v) is 20.2. The first-order chi connectivity index (χ1) is 25.5. The van der Waals surface area contributed by atoms with E-state index in [4.69, 9.17) is 33.2 Å². The summed E-state index contributed by atoms with van der Waals surface area (Å²) in [4.78, 5) is 18.3. The van der Waals surface area contributed by atoms with Crippen LogP contribution in [0.5, 0.6) is 0 Å². The number of nitrogens with zero attached hydrogens (tertiary/aromatic N) is 2. The highest BCUT2D eigenvalue weighted by Crippen LogP contribution is 2.41. The van der Waals surface area contributed by atoms with E-state index in [0.717, 1.165) is 0 Å². The fourth-order valence-corrected chi connectivity index (χ4v) is 9.10. The smallest absolute Gasteiger partial charge is 0.311 e. The summed E-state index contributed by atoms with van der Waals surface area (Å²) in [5, 5.41) is 46.2. The fourth-order valence-electron chi connectivity index (χ4n) is 9.10. The monoisotopic (exact) mass is 789 g/mol. The van der Waals surface area contributed by atoms with E-state index in [9.17, 15) is 25.2 Å². The Morgan fingerprint density at radius 2 is 1.62 bits per heavy atom. The first kappa shape index (κ1) is 48.1. The molecule has 55 heavy (non-hydrogen) atoms. The zero-order valence-electron chi connectivity index (χ0n) is 36.1. The Hall–Kier alpha value is -1.27. The number of likely N-dealkylation sites (N-methyl/N-ethyl adjacent to an activating group) is 2. The third-order valence-electron chi connectivity index (χ3n) is 12.7. The SMILES string of the molecule is C=CCO[C@@]1(C)C[C@@H](C)CN(C)[C@@H](C)[C@@H](O)[C@](C)(O)[C@H](CC)OC(=O)[C@@H](C)[C@@H](O[C@@H]2C[C@](C)(OC)[C@H](O)[C@@H](C)O2)[C@H](C)[C@H]1O[C@@H]1O[C@H](C)C[C@H](N(C)C)[C@H]1O. The summed E-state index contributed by atoms with van der Waals surface area (Å²) in [6.45, 7) is 22.9. The van der Waals surface area contributed by atoms with Gasteiger partial charge in [0.25, 0.3) is 0 Å². The summed E-state index contributed by atoms with van der Waals surface area (Å²) in [5.74, 6) is -2.32. The van der Waals surface area contributed by atoms with Crippen LogP contribution in [0.3, 0.4) is 0 Å². The van der Waals surface area contributed by atoms with Gasteiger partial charge in [-0.1, -0.05) is 26.8 Å².